The normalized spacial score (nSPS) is 16.9. The Bertz CT molecular complexity index is 741. The van der Waals surface area contributed by atoms with Crippen molar-refractivity contribution in [2.24, 2.45) is 0 Å². The van der Waals surface area contributed by atoms with Gasteiger partial charge in [0.05, 0.1) is 16.3 Å². The number of nitrogens with zero attached hydrogens (tertiary/aromatic N) is 3. The van der Waals surface area contributed by atoms with Crippen molar-refractivity contribution in [1.82, 2.24) is 9.88 Å². The molecule has 1 amide bonds. The first kappa shape index (κ1) is 15.2. The van der Waals surface area contributed by atoms with E-state index in [-0.39, 0.29) is 5.91 Å². The maximum absolute atomic E-state index is 12.5. The molecule has 4 nitrogen and oxygen atoms in total. The van der Waals surface area contributed by atoms with Gasteiger partial charge in [0, 0.05) is 24.4 Å². The Morgan fingerprint density at radius 1 is 1.59 bits per heavy atom. The van der Waals surface area contributed by atoms with Gasteiger partial charge < -0.3 is 4.90 Å². The number of nitriles is 1. The maximum atomic E-state index is 12.5. The van der Waals surface area contributed by atoms with Gasteiger partial charge in [-0.3, -0.25) is 4.79 Å². The molecule has 0 aliphatic heterocycles. The molecule has 2 heterocycles. The van der Waals surface area contributed by atoms with Crippen LogP contribution in [-0.2, 0) is 6.42 Å². The molecule has 3 rings (SSSR count). The van der Waals surface area contributed by atoms with E-state index < -0.39 is 0 Å². The predicted octanol–water partition coefficient (Wildman–Crippen LogP) is 3.58. The number of aryl methyl sites for hydroxylation is 2. The molecule has 1 unspecified atom stereocenters. The van der Waals surface area contributed by atoms with Gasteiger partial charge in [-0.05, 0) is 37.6 Å². The lowest BCUT2D eigenvalue weighted by Gasteiger charge is -2.26. The van der Waals surface area contributed by atoms with Crippen LogP contribution in [0.25, 0.3) is 0 Å². The van der Waals surface area contributed by atoms with Crippen LogP contribution >= 0.6 is 22.7 Å². The summed E-state index contributed by atoms with van der Waals surface area (Å²) in [6, 6.07) is 3.79. The Hall–Kier alpha value is -1.71. The van der Waals surface area contributed by atoms with Crippen LogP contribution in [0.5, 0.6) is 0 Å². The molecule has 0 aromatic carbocycles. The number of thiazole rings is 1. The Kier molecular flexibility index (Phi) is 4.27. The van der Waals surface area contributed by atoms with Crippen LogP contribution < -0.4 is 0 Å². The smallest absolute Gasteiger partial charge is 0.265 e. The molecule has 1 atom stereocenters. The molecular formula is C16H17N3OS2. The van der Waals surface area contributed by atoms with E-state index in [2.05, 4.69) is 11.1 Å². The van der Waals surface area contributed by atoms with Gasteiger partial charge in [-0.15, -0.1) is 22.7 Å². The summed E-state index contributed by atoms with van der Waals surface area (Å²) in [5.74, 6) is 0.249. The van der Waals surface area contributed by atoms with Crippen molar-refractivity contribution >= 4 is 28.6 Å². The van der Waals surface area contributed by atoms with Crippen LogP contribution in [0.4, 0.5) is 0 Å². The second-order valence-corrected chi connectivity index (χ2v) is 7.80. The van der Waals surface area contributed by atoms with Crippen LogP contribution in [0, 0.1) is 18.3 Å². The van der Waals surface area contributed by atoms with E-state index in [0.29, 0.717) is 22.9 Å². The van der Waals surface area contributed by atoms with Crippen molar-refractivity contribution in [1.29, 1.82) is 5.26 Å². The van der Waals surface area contributed by atoms with Crippen molar-refractivity contribution in [3.63, 3.8) is 0 Å². The van der Waals surface area contributed by atoms with E-state index >= 15 is 0 Å². The first-order valence-electron chi connectivity index (χ1n) is 7.29. The van der Waals surface area contributed by atoms with Crippen molar-refractivity contribution in [2.75, 3.05) is 13.6 Å². The van der Waals surface area contributed by atoms with E-state index in [1.54, 1.807) is 27.7 Å². The number of likely N-dealkylation sites (N-methyl/N-ethyl adjacent to an activating group) is 1. The lowest BCUT2D eigenvalue weighted by Crippen LogP contribution is -2.32. The van der Waals surface area contributed by atoms with Crippen LogP contribution in [-0.4, -0.2) is 29.4 Å². The lowest BCUT2D eigenvalue weighted by atomic mass is 9.90. The quantitative estimate of drug-likeness (QED) is 0.864. The highest BCUT2D eigenvalue weighted by atomic mass is 32.1. The van der Waals surface area contributed by atoms with Crippen molar-refractivity contribution in [3.05, 3.63) is 37.5 Å². The van der Waals surface area contributed by atoms with E-state index in [4.69, 9.17) is 5.26 Å². The number of carbonyl (C=O) groups is 1. The van der Waals surface area contributed by atoms with Crippen LogP contribution in [0.15, 0.2) is 11.4 Å². The fourth-order valence-electron chi connectivity index (χ4n) is 2.96. The Balaban J connectivity index is 1.76. The Labute approximate surface area is 138 Å². The molecule has 0 bridgehead atoms. The summed E-state index contributed by atoms with van der Waals surface area (Å²) in [7, 11) is 1.82. The summed E-state index contributed by atoms with van der Waals surface area (Å²) < 4.78 is 0. The zero-order valence-electron chi connectivity index (χ0n) is 12.6. The van der Waals surface area contributed by atoms with Gasteiger partial charge in [0.25, 0.3) is 5.91 Å². The summed E-state index contributed by atoms with van der Waals surface area (Å²) in [5, 5.41) is 12.0. The highest BCUT2D eigenvalue weighted by Crippen LogP contribution is 2.35. The third-order valence-corrected chi connectivity index (χ3v) is 5.95. The van der Waals surface area contributed by atoms with Gasteiger partial charge in [0.15, 0.2) is 0 Å². The minimum absolute atomic E-state index is 0.0642. The zero-order valence-corrected chi connectivity index (χ0v) is 14.3. The lowest BCUT2D eigenvalue weighted by molar-refractivity contribution is 0.0787. The SMILES string of the molecule is Cc1nc2c(s1)CCCC2CN(C)C(=O)c1sccc1C#N. The number of rotatable bonds is 3. The highest BCUT2D eigenvalue weighted by molar-refractivity contribution is 7.12. The minimum Gasteiger partial charge on any atom is -0.340 e. The molecular weight excluding hydrogens is 314 g/mol. The number of fused-ring (bicyclic) bond motifs is 1. The van der Waals surface area contributed by atoms with Crippen molar-refractivity contribution in [3.8, 4) is 6.07 Å². The summed E-state index contributed by atoms with van der Waals surface area (Å²) >= 11 is 3.11. The topological polar surface area (TPSA) is 57.0 Å². The van der Waals surface area contributed by atoms with Gasteiger partial charge in [0.2, 0.25) is 0 Å². The number of thiophene rings is 1. The average molecular weight is 331 g/mol. The van der Waals surface area contributed by atoms with E-state index in [9.17, 15) is 4.79 Å². The van der Waals surface area contributed by atoms with Crippen LogP contribution in [0.3, 0.4) is 0 Å². The highest BCUT2D eigenvalue weighted by Gasteiger charge is 2.27. The van der Waals surface area contributed by atoms with Gasteiger partial charge in [-0.1, -0.05) is 0 Å². The molecule has 0 radical (unpaired) electrons. The molecule has 0 saturated carbocycles. The third kappa shape index (κ3) is 2.79. The second kappa shape index (κ2) is 6.19. The van der Waals surface area contributed by atoms with E-state index in [1.807, 2.05) is 14.0 Å². The van der Waals surface area contributed by atoms with Gasteiger partial charge in [-0.25, -0.2) is 4.98 Å². The van der Waals surface area contributed by atoms with Crippen molar-refractivity contribution in [2.45, 2.75) is 32.1 Å². The number of hydrogen-bond donors (Lipinski definition) is 0. The number of amides is 1. The molecule has 2 aromatic rings. The predicted molar refractivity (Wildman–Crippen MR) is 88.5 cm³/mol. The Morgan fingerprint density at radius 2 is 2.41 bits per heavy atom. The molecule has 0 fully saturated rings. The molecule has 2 aromatic heterocycles. The number of carbonyl (C=O) groups excluding carboxylic acids is 1. The van der Waals surface area contributed by atoms with Crippen LogP contribution in [0.1, 0.15) is 49.6 Å². The third-order valence-electron chi connectivity index (χ3n) is 4.00. The average Bonchev–Trinajstić information content (AvgIpc) is 3.11. The fourth-order valence-corrected chi connectivity index (χ4v) is 4.86. The Morgan fingerprint density at radius 3 is 3.18 bits per heavy atom. The molecule has 6 heteroatoms. The molecule has 0 N–H and O–H groups in total. The number of hydrogen-bond acceptors (Lipinski definition) is 5. The molecule has 0 spiro atoms. The van der Waals surface area contributed by atoms with Gasteiger partial charge in [0.1, 0.15) is 10.9 Å². The molecule has 1 aliphatic rings. The van der Waals surface area contributed by atoms with Gasteiger partial charge in [-0.2, -0.15) is 5.26 Å². The largest absolute Gasteiger partial charge is 0.340 e. The van der Waals surface area contributed by atoms with Crippen molar-refractivity contribution < 1.29 is 4.79 Å². The zero-order chi connectivity index (χ0) is 15.7. The first-order valence-corrected chi connectivity index (χ1v) is 8.99. The van der Waals surface area contributed by atoms with Crippen LogP contribution in [0.2, 0.25) is 0 Å². The monoisotopic (exact) mass is 331 g/mol. The molecule has 114 valence electrons. The molecule has 0 saturated heterocycles. The van der Waals surface area contributed by atoms with E-state index in [1.165, 1.54) is 21.9 Å². The standard InChI is InChI=1S/C16H17N3OS2/c1-10-18-14-12(4-3-5-13(14)22-10)9-19(2)16(20)15-11(8-17)6-7-21-15/h6-7,12H,3-5,9H2,1-2H3. The molecule has 1 aliphatic carbocycles. The van der Waals surface area contributed by atoms with Gasteiger partial charge >= 0.3 is 0 Å². The summed E-state index contributed by atoms with van der Waals surface area (Å²) in [6.07, 6.45) is 3.34. The summed E-state index contributed by atoms with van der Waals surface area (Å²) in [4.78, 5) is 20.9. The van der Waals surface area contributed by atoms with E-state index in [0.717, 1.165) is 24.3 Å². The second-order valence-electron chi connectivity index (χ2n) is 5.59. The summed E-state index contributed by atoms with van der Waals surface area (Å²) in [6.45, 7) is 2.71. The number of aromatic nitrogens is 1. The maximum Gasteiger partial charge on any atom is 0.265 e. The minimum atomic E-state index is -0.0642. The summed E-state index contributed by atoms with van der Waals surface area (Å²) in [5.41, 5.74) is 1.65. The fraction of sp³-hybridized carbons (Fsp3) is 0.438. The first-order chi connectivity index (χ1) is 10.6. The molecule has 22 heavy (non-hydrogen) atoms.